The van der Waals surface area contributed by atoms with Gasteiger partial charge >= 0.3 is 0 Å². The van der Waals surface area contributed by atoms with Crippen LogP contribution in [0, 0.1) is 0 Å². The molecular formula is C5H7NO2. The summed E-state index contributed by atoms with van der Waals surface area (Å²) in [6, 6.07) is 0. The Hall–Kier alpha value is -0.830. The molecule has 1 heterocycles. The molecule has 3 nitrogen and oxygen atoms in total. The smallest absolute Gasteiger partial charge is 0.180 e. The number of aliphatic hydroxyl groups excluding tert-OH is 1. The molecule has 0 unspecified atom stereocenters. The lowest BCUT2D eigenvalue weighted by Gasteiger charge is -1.92. The minimum Gasteiger partial charge on any atom is -0.451 e. The quantitative estimate of drug-likeness (QED) is 0.583. The van der Waals surface area contributed by atoms with Gasteiger partial charge in [-0.1, -0.05) is 0 Å². The molecule has 3 heteroatoms. The summed E-state index contributed by atoms with van der Waals surface area (Å²) < 4.78 is 4.60. The van der Waals surface area contributed by atoms with E-state index in [1.165, 1.54) is 12.7 Å². The predicted octanol–water partition coefficient (Wildman–Crippen LogP) is 0.728. The van der Waals surface area contributed by atoms with Crippen LogP contribution in [0.25, 0.3) is 0 Å². The SMILES string of the molecule is C[C@H](O)c1cocn1. The zero-order chi connectivity index (χ0) is 5.98. The van der Waals surface area contributed by atoms with Crippen LogP contribution in [-0.4, -0.2) is 10.1 Å². The molecular weight excluding hydrogens is 106 g/mol. The van der Waals surface area contributed by atoms with Crippen molar-refractivity contribution in [2.75, 3.05) is 0 Å². The third-order valence-corrected chi connectivity index (χ3v) is 0.879. The zero-order valence-electron chi connectivity index (χ0n) is 4.53. The first kappa shape index (κ1) is 5.31. The molecule has 0 aliphatic heterocycles. The highest BCUT2D eigenvalue weighted by Gasteiger charge is 2.00. The third kappa shape index (κ3) is 0.869. The number of hydrogen-bond donors (Lipinski definition) is 1. The van der Waals surface area contributed by atoms with E-state index in [9.17, 15) is 0 Å². The molecule has 0 spiro atoms. The van der Waals surface area contributed by atoms with Gasteiger partial charge < -0.3 is 9.52 Å². The van der Waals surface area contributed by atoms with E-state index in [4.69, 9.17) is 5.11 Å². The standard InChI is InChI=1S/C5H7NO2/c1-4(7)5-2-8-3-6-5/h2-4,7H,1H3/t4-/m0/s1. The maximum Gasteiger partial charge on any atom is 0.180 e. The van der Waals surface area contributed by atoms with E-state index >= 15 is 0 Å². The van der Waals surface area contributed by atoms with Gasteiger partial charge in [-0.15, -0.1) is 0 Å². The van der Waals surface area contributed by atoms with Crippen LogP contribution < -0.4 is 0 Å². The third-order valence-electron chi connectivity index (χ3n) is 0.879. The van der Waals surface area contributed by atoms with Crippen molar-refractivity contribution in [3.8, 4) is 0 Å². The molecule has 0 bridgehead atoms. The molecule has 0 aliphatic carbocycles. The molecule has 0 radical (unpaired) electrons. The van der Waals surface area contributed by atoms with Gasteiger partial charge in [0.2, 0.25) is 0 Å². The van der Waals surface area contributed by atoms with E-state index in [0.29, 0.717) is 5.69 Å². The van der Waals surface area contributed by atoms with Crippen molar-refractivity contribution in [1.29, 1.82) is 0 Å². The Labute approximate surface area is 47.0 Å². The van der Waals surface area contributed by atoms with Gasteiger partial charge in [0, 0.05) is 0 Å². The van der Waals surface area contributed by atoms with Gasteiger partial charge in [0.25, 0.3) is 0 Å². The van der Waals surface area contributed by atoms with Crippen LogP contribution in [0.1, 0.15) is 18.7 Å². The maximum absolute atomic E-state index is 8.79. The normalized spacial score (nSPS) is 13.8. The molecule has 1 atom stereocenters. The van der Waals surface area contributed by atoms with Crippen LogP contribution in [0.2, 0.25) is 0 Å². The van der Waals surface area contributed by atoms with Gasteiger partial charge in [0.05, 0.1) is 6.10 Å². The number of nitrogens with zero attached hydrogens (tertiary/aromatic N) is 1. The van der Waals surface area contributed by atoms with Crippen LogP contribution >= 0.6 is 0 Å². The van der Waals surface area contributed by atoms with Crippen molar-refractivity contribution in [1.82, 2.24) is 4.98 Å². The average Bonchev–Trinajstić information content (AvgIpc) is 2.12. The topological polar surface area (TPSA) is 46.3 Å². The summed E-state index contributed by atoms with van der Waals surface area (Å²) in [5.74, 6) is 0. The highest BCUT2D eigenvalue weighted by Crippen LogP contribution is 2.06. The van der Waals surface area contributed by atoms with Crippen LogP contribution in [0.3, 0.4) is 0 Å². The van der Waals surface area contributed by atoms with Gasteiger partial charge in [-0.05, 0) is 6.92 Å². The fourth-order valence-corrected chi connectivity index (χ4v) is 0.428. The summed E-state index contributed by atoms with van der Waals surface area (Å²) in [5.41, 5.74) is 0.574. The molecule has 1 N–H and O–H groups in total. The van der Waals surface area contributed by atoms with E-state index < -0.39 is 6.10 Å². The summed E-state index contributed by atoms with van der Waals surface area (Å²) in [5, 5.41) is 8.79. The monoisotopic (exact) mass is 113 g/mol. The molecule has 1 aromatic heterocycles. The van der Waals surface area contributed by atoms with E-state index in [1.54, 1.807) is 6.92 Å². The highest BCUT2D eigenvalue weighted by atomic mass is 16.3. The molecule has 0 saturated heterocycles. The summed E-state index contributed by atoms with van der Waals surface area (Å²) >= 11 is 0. The van der Waals surface area contributed by atoms with Crippen LogP contribution in [-0.2, 0) is 0 Å². The van der Waals surface area contributed by atoms with E-state index in [1.807, 2.05) is 0 Å². The van der Waals surface area contributed by atoms with E-state index in [2.05, 4.69) is 9.40 Å². The lowest BCUT2D eigenvalue weighted by Crippen LogP contribution is -1.88. The van der Waals surface area contributed by atoms with Gasteiger partial charge in [-0.25, -0.2) is 4.98 Å². The van der Waals surface area contributed by atoms with E-state index in [-0.39, 0.29) is 0 Å². The molecule has 0 aromatic carbocycles. The number of rotatable bonds is 1. The average molecular weight is 113 g/mol. The Kier molecular flexibility index (Phi) is 1.30. The Morgan fingerprint density at radius 1 is 1.88 bits per heavy atom. The predicted molar refractivity (Wildman–Crippen MR) is 27.1 cm³/mol. The fraction of sp³-hybridized carbons (Fsp3) is 0.400. The summed E-state index contributed by atoms with van der Waals surface area (Å²) in [6.45, 7) is 1.64. The Morgan fingerprint density at radius 2 is 2.62 bits per heavy atom. The summed E-state index contributed by atoms with van der Waals surface area (Å²) in [7, 11) is 0. The lowest BCUT2D eigenvalue weighted by atomic mass is 10.3. The number of oxazole rings is 1. The molecule has 0 amide bonds. The molecule has 1 aromatic rings. The summed E-state index contributed by atoms with van der Waals surface area (Å²) in [4.78, 5) is 3.70. The highest BCUT2D eigenvalue weighted by molar-refractivity contribution is 4.93. The first-order valence-electron chi connectivity index (χ1n) is 2.37. The molecule has 44 valence electrons. The Morgan fingerprint density at radius 3 is 2.88 bits per heavy atom. The molecule has 0 fully saturated rings. The second-order valence-corrected chi connectivity index (χ2v) is 1.59. The van der Waals surface area contributed by atoms with Crippen molar-refractivity contribution in [2.24, 2.45) is 0 Å². The fourth-order valence-electron chi connectivity index (χ4n) is 0.428. The van der Waals surface area contributed by atoms with Crippen LogP contribution in [0.4, 0.5) is 0 Å². The molecule has 1 rings (SSSR count). The van der Waals surface area contributed by atoms with Gasteiger partial charge in [0.15, 0.2) is 6.39 Å². The van der Waals surface area contributed by atoms with E-state index in [0.717, 1.165) is 0 Å². The largest absolute Gasteiger partial charge is 0.451 e. The van der Waals surface area contributed by atoms with Crippen molar-refractivity contribution in [3.05, 3.63) is 18.4 Å². The minimum absolute atomic E-state index is 0.520. The minimum atomic E-state index is -0.520. The van der Waals surface area contributed by atoms with Crippen molar-refractivity contribution < 1.29 is 9.52 Å². The van der Waals surface area contributed by atoms with Crippen LogP contribution in [0.15, 0.2) is 17.1 Å². The van der Waals surface area contributed by atoms with Crippen molar-refractivity contribution in [2.45, 2.75) is 13.0 Å². The molecule has 8 heavy (non-hydrogen) atoms. The number of hydrogen-bond acceptors (Lipinski definition) is 3. The van der Waals surface area contributed by atoms with Gasteiger partial charge in [-0.3, -0.25) is 0 Å². The summed E-state index contributed by atoms with van der Waals surface area (Å²) in [6.07, 6.45) is 2.20. The molecule has 0 saturated carbocycles. The first-order valence-corrected chi connectivity index (χ1v) is 2.37. The second-order valence-electron chi connectivity index (χ2n) is 1.59. The zero-order valence-corrected chi connectivity index (χ0v) is 4.53. The number of aromatic nitrogens is 1. The first-order chi connectivity index (χ1) is 3.80. The number of aliphatic hydroxyl groups is 1. The van der Waals surface area contributed by atoms with Crippen LogP contribution in [0.5, 0.6) is 0 Å². The Bertz CT molecular complexity index is 145. The van der Waals surface area contributed by atoms with Gasteiger partial charge in [0.1, 0.15) is 12.0 Å². The van der Waals surface area contributed by atoms with Gasteiger partial charge in [-0.2, -0.15) is 0 Å². The molecule has 0 aliphatic rings. The Balaban J connectivity index is 2.77. The van der Waals surface area contributed by atoms with Crippen molar-refractivity contribution in [3.63, 3.8) is 0 Å². The van der Waals surface area contributed by atoms with Crippen molar-refractivity contribution >= 4 is 0 Å². The lowest BCUT2D eigenvalue weighted by molar-refractivity contribution is 0.194. The second kappa shape index (κ2) is 1.96. The maximum atomic E-state index is 8.79.